The second-order valence-electron chi connectivity index (χ2n) is 4.33. The number of hydrogen-bond acceptors (Lipinski definition) is 3. The van der Waals surface area contributed by atoms with Gasteiger partial charge in [0.15, 0.2) is 5.82 Å². The van der Waals surface area contributed by atoms with Gasteiger partial charge in [0.1, 0.15) is 5.82 Å². The van der Waals surface area contributed by atoms with Gasteiger partial charge in [-0.1, -0.05) is 6.92 Å². The molecular formula is C12H13F3N4O. The van der Waals surface area contributed by atoms with Crippen LogP contribution in [-0.2, 0) is 26.2 Å². The number of aromatic nitrogens is 4. The highest BCUT2D eigenvalue weighted by Crippen LogP contribution is 2.28. The fourth-order valence-electron chi connectivity index (χ4n) is 1.82. The molecule has 0 aliphatic carbocycles. The molecule has 2 aromatic rings. The third-order valence-corrected chi connectivity index (χ3v) is 2.99. The van der Waals surface area contributed by atoms with E-state index >= 15 is 0 Å². The molecule has 0 radical (unpaired) electrons. The van der Waals surface area contributed by atoms with E-state index < -0.39 is 17.3 Å². The van der Waals surface area contributed by atoms with Crippen molar-refractivity contribution in [3.63, 3.8) is 0 Å². The standard InChI is InChI=1S/C12H13F3N4O/c1-3-9-16-17-10(18(9)2)7-19-6-8(12(13,14)15)4-5-11(19)20/h4-6H,3,7H2,1-2H3. The summed E-state index contributed by atoms with van der Waals surface area (Å²) < 4.78 is 40.5. The first-order chi connectivity index (χ1) is 9.32. The molecule has 0 atom stereocenters. The van der Waals surface area contributed by atoms with Crippen molar-refractivity contribution in [2.24, 2.45) is 7.05 Å². The first-order valence-corrected chi connectivity index (χ1v) is 5.97. The van der Waals surface area contributed by atoms with E-state index in [-0.39, 0.29) is 6.54 Å². The second-order valence-corrected chi connectivity index (χ2v) is 4.33. The van der Waals surface area contributed by atoms with E-state index in [1.165, 1.54) is 0 Å². The first-order valence-electron chi connectivity index (χ1n) is 5.97. The Hall–Kier alpha value is -2.12. The Kier molecular flexibility index (Phi) is 3.65. The molecule has 5 nitrogen and oxygen atoms in total. The highest BCUT2D eigenvalue weighted by Gasteiger charge is 2.31. The lowest BCUT2D eigenvalue weighted by Gasteiger charge is -2.10. The summed E-state index contributed by atoms with van der Waals surface area (Å²) in [7, 11) is 1.72. The Morgan fingerprint density at radius 1 is 1.20 bits per heavy atom. The van der Waals surface area contributed by atoms with Crippen LogP contribution in [0, 0.1) is 0 Å². The maximum atomic E-state index is 12.6. The largest absolute Gasteiger partial charge is 0.417 e. The van der Waals surface area contributed by atoms with Gasteiger partial charge in [-0.2, -0.15) is 13.2 Å². The Morgan fingerprint density at radius 3 is 2.40 bits per heavy atom. The SMILES string of the molecule is CCc1nnc(Cn2cc(C(F)(F)F)ccc2=O)n1C. The van der Waals surface area contributed by atoms with Gasteiger partial charge in [0.2, 0.25) is 0 Å². The van der Waals surface area contributed by atoms with Gasteiger partial charge in [0.25, 0.3) is 5.56 Å². The molecule has 2 heterocycles. The highest BCUT2D eigenvalue weighted by molar-refractivity contribution is 5.14. The van der Waals surface area contributed by atoms with E-state index in [0.29, 0.717) is 18.1 Å². The van der Waals surface area contributed by atoms with Crippen molar-refractivity contribution in [2.75, 3.05) is 0 Å². The van der Waals surface area contributed by atoms with Gasteiger partial charge >= 0.3 is 6.18 Å². The second kappa shape index (κ2) is 5.10. The minimum atomic E-state index is -4.48. The third-order valence-electron chi connectivity index (χ3n) is 2.99. The van der Waals surface area contributed by atoms with E-state index in [0.717, 1.165) is 22.9 Å². The summed E-state index contributed by atoms with van der Waals surface area (Å²) in [5.74, 6) is 1.14. The molecular weight excluding hydrogens is 273 g/mol. The molecule has 0 aromatic carbocycles. The Balaban J connectivity index is 2.38. The quantitative estimate of drug-likeness (QED) is 0.861. The maximum absolute atomic E-state index is 12.6. The monoisotopic (exact) mass is 286 g/mol. The van der Waals surface area contributed by atoms with Crippen LogP contribution in [0.4, 0.5) is 13.2 Å². The van der Waals surface area contributed by atoms with E-state index in [4.69, 9.17) is 0 Å². The fraction of sp³-hybridized carbons (Fsp3) is 0.417. The average molecular weight is 286 g/mol. The van der Waals surface area contributed by atoms with Crippen LogP contribution in [0.15, 0.2) is 23.1 Å². The van der Waals surface area contributed by atoms with Crippen LogP contribution in [0.3, 0.4) is 0 Å². The zero-order valence-corrected chi connectivity index (χ0v) is 11.0. The number of pyridine rings is 1. The number of alkyl halides is 3. The molecule has 0 unspecified atom stereocenters. The van der Waals surface area contributed by atoms with Crippen molar-refractivity contribution in [1.82, 2.24) is 19.3 Å². The predicted octanol–water partition coefficient (Wildman–Crippen LogP) is 1.61. The van der Waals surface area contributed by atoms with Crippen molar-refractivity contribution in [3.8, 4) is 0 Å². The minimum Gasteiger partial charge on any atom is -0.317 e. The predicted molar refractivity (Wildman–Crippen MR) is 65.2 cm³/mol. The normalized spacial score (nSPS) is 11.8. The first kappa shape index (κ1) is 14.3. The Bertz CT molecular complexity index is 672. The molecule has 0 spiro atoms. The zero-order valence-electron chi connectivity index (χ0n) is 11.0. The summed E-state index contributed by atoms with van der Waals surface area (Å²) >= 11 is 0. The molecule has 108 valence electrons. The summed E-state index contributed by atoms with van der Waals surface area (Å²) in [4.78, 5) is 11.6. The fourth-order valence-corrected chi connectivity index (χ4v) is 1.82. The molecule has 0 N–H and O–H groups in total. The summed E-state index contributed by atoms with van der Waals surface area (Å²) in [6.45, 7) is 1.84. The molecule has 0 bridgehead atoms. The molecule has 2 aromatic heterocycles. The molecule has 2 rings (SSSR count). The van der Waals surface area contributed by atoms with Gasteiger partial charge in [0.05, 0.1) is 12.1 Å². The van der Waals surface area contributed by atoms with Crippen LogP contribution >= 0.6 is 0 Å². The molecule has 0 aliphatic heterocycles. The molecule has 8 heteroatoms. The van der Waals surface area contributed by atoms with Crippen molar-refractivity contribution >= 4 is 0 Å². The third kappa shape index (κ3) is 2.73. The zero-order chi connectivity index (χ0) is 14.9. The lowest BCUT2D eigenvalue weighted by atomic mass is 10.3. The van der Waals surface area contributed by atoms with E-state index in [9.17, 15) is 18.0 Å². The molecule has 20 heavy (non-hydrogen) atoms. The maximum Gasteiger partial charge on any atom is 0.417 e. The van der Waals surface area contributed by atoms with E-state index in [1.54, 1.807) is 11.6 Å². The average Bonchev–Trinajstić information content (AvgIpc) is 2.72. The molecule has 0 saturated carbocycles. The van der Waals surface area contributed by atoms with Crippen LogP contribution in [-0.4, -0.2) is 19.3 Å². The van der Waals surface area contributed by atoms with Crippen molar-refractivity contribution in [2.45, 2.75) is 26.1 Å². The lowest BCUT2D eigenvalue weighted by Crippen LogP contribution is -2.23. The van der Waals surface area contributed by atoms with E-state index in [1.807, 2.05) is 6.92 Å². The lowest BCUT2D eigenvalue weighted by molar-refractivity contribution is -0.138. The van der Waals surface area contributed by atoms with Gasteiger partial charge in [0, 0.05) is 25.7 Å². The van der Waals surface area contributed by atoms with Gasteiger partial charge in [-0.05, 0) is 6.07 Å². The molecule has 0 fully saturated rings. The van der Waals surface area contributed by atoms with Crippen LogP contribution in [0.5, 0.6) is 0 Å². The van der Waals surface area contributed by atoms with Crippen molar-refractivity contribution in [1.29, 1.82) is 0 Å². The summed E-state index contributed by atoms with van der Waals surface area (Å²) in [6, 6.07) is 1.67. The van der Waals surface area contributed by atoms with Gasteiger partial charge in [-0.15, -0.1) is 10.2 Å². The van der Waals surface area contributed by atoms with Gasteiger partial charge in [-0.3, -0.25) is 4.79 Å². The van der Waals surface area contributed by atoms with Gasteiger partial charge < -0.3 is 9.13 Å². The summed E-state index contributed by atoms with van der Waals surface area (Å²) in [6.07, 6.45) is -3.03. The van der Waals surface area contributed by atoms with E-state index in [2.05, 4.69) is 10.2 Å². The minimum absolute atomic E-state index is 0.0494. The van der Waals surface area contributed by atoms with Crippen LogP contribution in [0.2, 0.25) is 0 Å². The number of nitrogens with zero attached hydrogens (tertiary/aromatic N) is 4. The summed E-state index contributed by atoms with van der Waals surface area (Å²) in [5, 5.41) is 7.79. The Labute approximate surface area is 112 Å². The molecule has 0 aliphatic rings. The summed E-state index contributed by atoms with van der Waals surface area (Å²) in [5.41, 5.74) is -1.38. The number of aryl methyl sites for hydroxylation is 1. The van der Waals surface area contributed by atoms with Crippen molar-refractivity contribution < 1.29 is 13.2 Å². The highest BCUT2D eigenvalue weighted by atomic mass is 19.4. The van der Waals surface area contributed by atoms with Gasteiger partial charge in [-0.25, -0.2) is 0 Å². The topological polar surface area (TPSA) is 52.7 Å². The van der Waals surface area contributed by atoms with Crippen LogP contribution < -0.4 is 5.56 Å². The van der Waals surface area contributed by atoms with Crippen LogP contribution in [0.25, 0.3) is 0 Å². The van der Waals surface area contributed by atoms with Crippen molar-refractivity contribution in [3.05, 3.63) is 45.9 Å². The van der Waals surface area contributed by atoms with Crippen LogP contribution in [0.1, 0.15) is 24.1 Å². The number of hydrogen-bond donors (Lipinski definition) is 0. The number of rotatable bonds is 3. The Morgan fingerprint density at radius 2 is 1.85 bits per heavy atom. The number of halogens is 3. The molecule has 0 amide bonds. The smallest absolute Gasteiger partial charge is 0.317 e. The molecule has 0 saturated heterocycles.